The number of guanidine groups is 1. The Labute approximate surface area is 171 Å². The number of anilines is 1. The number of nitrogens with zero attached hydrogens (tertiary/aromatic N) is 2. The first-order chi connectivity index (χ1) is 11.6. The molecule has 3 rings (SSSR count). The minimum Gasteiger partial charge on any atom is -0.369 e. The Hall–Kier alpha value is -1.28. The summed E-state index contributed by atoms with van der Waals surface area (Å²) in [7, 11) is 1.84. The van der Waals surface area contributed by atoms with E-state index in [4.69, 9.17) is 0 Å². The van der Waals surface area contributed by atoms with Gasteiger partial charge < -0.3 is 15.5 Å². The van der Waals surface area contributed by atoms with Gasteiger partial charge in [0.15, 0.2) is 5.96 Å². The molecule has 1 aliphatic heterocycles. The van der Waals surface area contributed by atoms with Crippen molar-refractivity contribution >= 4 is 47.0 Å². The zero-order valence-electron chi connectivity index (χ0n) is 15.1. The van der Waals surface area contributed by atoms with Gasteiger partial charge in [-0.3, -0.25) is 4.99 Å². The fourth-order valence-corrected chi connectivity index (χ4v) is 3.84. The van der Waals surface area contributed by atoms with Crippen LogP contribution >= 0.6 is 35.3 Å². The quantitative estimate of drug-likeness (QED) is 0.404. The number of aryl methyl sites for hydroxylation is 2. The first-order valence-corrected chi connectivity index (χ1v) is 9.30. The fraction of sp³-hybridized carbons (Fsp3) is 0.421. The van der Waals surface area contributed by atoms with Crippen molar-refractivity contribution in [2.45, 2.75) is 32.9 Å². The number of hydrogen-bond donors (Lipinski definition) is 2. The predicted octanol–water partition coefficient (Wildman–Crippen LogP) is 3.93. The fourth-order valence-electron chi connectivity index (χ4n) is 3.01. The van der Waals surface area contributed by atoms with Crippen molar-refractivity contribution in [3.63, 3.8) is 0 Å². The Morgan fingerprint density at radius 2 is 1.96 bits per heavy atom. The predicted molar refractivity (Wildman–Crippen MR) is 120 cm³/mol. The number of nitrogens with one attached hydrogen (secondary N) is 2. The van der Waals surface area contributed by atoms with Crippen LogP contribution in [0.25, 0.3) is 0 Å². The lowest BCUT2D eigenvalue weighted by Gasteiger charge is -2.20. The normalized spacial score (nSPS) is 17.3. The molecule has 1 aromatic heterocycles. The smallest absolute Gasteiger partial charge is 0.191 e. The van der Waals surface area contributed by atoms with Crippen LogP contribution in [0, 0.1) is 13.8 Å². The highest BCUT2D eigenvalue weighted by molar-refractivity contribution is 14.0. The van der Waals surface area contributed by atoms with Crippen molar-refractivity contribution in [3.05, 3.63) is 51.7 Å². The van der Waals surface area contributed by atoms with Gasteiger partial charge in [0.2, 0.25) is 0 Å². The number of benzene rings is 1. The monoisotopic (exact) mass is 470 g/mol. The molecule has 0 bridgehead atoms. The molecule has 0 aliphatic carbocycles. The molecule has 1 atom stereocenters. The van der Waals surface area contributed by atoms with Gasteiger partial charge in [0.1, 0.15) is 0 Å². The van der Waals surface area contributed by atoms with Gasteiger partial charge in [-0.25, -0.2) is 0 Å². The second-order valence-electron chi connectivity index (χ2n) is 6.35. The van der Waals surface area contributed by atoms with Crippen LogP contribution in [0.15, 0.2) is 41.4 Å². The molecular formula is C19H27IN4S. The first-order valence-electron chi connectivity index (χ1n) is 8.48. The number of halogens is 1. The molecule has 136 valence electrons. The highest BCUT2D eigenvalue weighted by atomic mass is 127. The van der Waals surface area contributed by atoms with Gasteiger partial charge in [0, 0.05) is 41.6 Å². The standard InChI is InChI=1S/C19H26N4S.HI/c1-14-4-7-17(8-5-14)23-11-10-16(13-23)22-19(20-3)21-12-18-9-6-15(2)24-18;/h4-9,16H,10-13H2,1-3H3,(H2,20,21,22);1H. The van der Waals surface area contributed by atoms with E-state index < -0.39 is 0 Å². The molecule has 1 aromatic carbocycles. The summed E-state index contributed by atoms with van der Waals surface area (Å²) >= 11 is 1.83. The molecule has 0 amide bonds. The maximum Gasteiger partial charge on any atom is 0.191 e. The summed E-state index contributed by atoms with van der Waals surface area (Å²) in [6.07, 6.45) is 1.13. The van der Waals surface area contributed by atoms with Gasteiger partial charge in [-0.05, 0) is 44.5 Å². The summed E-state index contributed by atoms with van der Waals surface area (Å²) in [6.45, 7) is 7.19. The minimum atomic E-state index is 0. The van der Waals surface area contributed by atoms with Crippen molar-refractivity contribution in [1.82, 2.24) is 10.6 Å². The SMILES string of the molecule is CN=C(NCc1ccc(C)s1)NC1CCN(c2ccc(C)cc2)C1.I. The maximum absolute atomic E-state index is 4.36. The summed E-state index contributed by atoms with van der Waals surface area (Å²) in [6, 6.07) is 13.6. The second kappa shape index (κ2) is 9.43. The van der Waals surface area contributed by atoms with Crippen molar-refractivity contribution in [3.8, 4) is 0 Å². The summed E-state index contributed by atoms with van der Waals surface area (Å²) in [5.74, 6) is 0.886. The highest BCUT2D eigenvalue weighted by Gasteiger charge is 2.23. The van der Waals surface area contributed by atoms with Crippen LogP contribution in [-0.4, -0.2) is 32.1 Å². The topological polar surface area (TPSA) is 39.7 Å². The number of hydrogen-bond acceptors (Lipinski definition) is 3. The average molecular weight is 470 g/mol. The Kier molecular flexibility index (Phi) is 7.56. The molecule has 2 N–H and O–H groups in total. The van der Waals surface area contributed by atoms with Crippen molar-refractivity contribution < 1.29 is 0 Å². The van der Waals surface area contributed by atoms with Crippen LogP contribution in [0.3, 0.4) is 0 Å². The van der Waals surface area contributed by atoms with Gasteiger partial charge >= 0.3 is 0 Å². The molecule has 1 aliphatic rings. The van der Waals surface area contributed by atoms with E-state index in [9.17, 15) is 0 Å². The molecule has 4 nitrogen and oxygen atoms in total. The molecule has 2 aromatic rings. The van der Waals surface area contributed by atoms with Gasteiger partial charge in [-0.2, -0.15) is 0 Å². The van der Waals surface area contributed by atoms with Crippen LogP contribution in [-0.2, 0) is 6.54 Å². The van der Waals surface area contributed by atoms with E-state index in [-0.39, 0.29) is 24.0 Å². The molecule has 1 saturated heterocycles. The highest BCUT2D eigenvalue weighted by Crippen LogP contribution is 2.20. The molecule has 1 fully saturated rings. The van der Waals surface area contributed by atoms with Crippen molar-refractivity contribution in [2.24, 2.45) is 4.99 Å². The third kappa shape index (κ3) is 5.60. The molecule has 1 unspecified atom stereocenters. The van der Waals surface area contributed by atoms with E-state index in [1.807, 2.05) is 18.4 Å². The Morgan fingerprint density at radius 1 is 1.20 bits per heavy atom. The Bertz CT molecular complexity index is 696. The number of rotatable bonds is 4. The third-order valence-corrected chi connectivity index (χ3v) is 5.38. The summed E-state index contributed by atoms with van der Waals surface area (Å²) < 4.78 is 0. The van der Waals surface area contributed by atoms with Gasteiger partial charge in [0.05, 0.1) is 6.54 Å². The summed E-state index contributed by atoms with van der Waals surface area (Å²) in [5, 5.41) is 6.97. The van der Waals surface area contributed by atoms with Crippen LogP contribution in [0.1, 0.15) is 21.7 Å². The lowest BCUT2D eigenvalue weighted by molar-refractivity contribution is 0.649. The van der Waals surface area contributed by atoms with Crippen LogP contribution in [0.5, 0.6) is 0 Å². The minimum absolute atomic E-state index is 0. The van der Waals surface area contributed by atoms with Gasteiger partial charge in [-0.1, -0.05) is 17.7 Å². The van der Waals surface area contributed by atoms with Crippen LogP contribution < -0.4 is 15.5 Å². The van der Waals surface area contributed by atoms with E-state index in [0.29, 0.717) is 6.04 Å². The van der Waals surface area contributed by atoms with E-state index in [1.165, 1.54) is 21.0 Å². The van der Waals surface area contributed by atoms with E-state index in [0.717, 1.165) is 32.0 Å². The van der Waals surface area contributed by atoms with E-state index in [2.05, 4.69) is 70.8 Å². The average Bonchev–Trinajstić information content (AvgIpc) is 3.21. The van der Waals surface area contributed by atoms with E-state index in [1.54, 1.807) is 0 Å². The zero-order valence-corrected chi connectivity index (χ0v) is 18.2. The Morgan fingerprint density at radius 3 is 2.60 bits per heavy atom. The Balaban J connectivity index is 0.00000225. The van der Waals surface area contributed by atoms with Gasteiger partial charge in [0.25, 0.3) is 0 Å². The first kappa shape index (κ1) is 20.0. The van der Waals surface area contributed by atoms with Crippen LogP contribution in [0.2, 0.25) is 0 Å². The molecule has 0 radical (unpaired) electrons. The summed E-state index contributed by atoms with van der Waals surface area (Å²) in [4.78, 5) is 9.48. The second-order valence-corrected chi connectivity index (χ2v) is 7.72. The lowest BCUT2D eigenvalue weighted by atomic mass is 10.2. The number of aliphatic imine (C=N–C) groups is 1. The molecule has 25 heavy (non-hydrogen) atoms. The van der Waals surface area contributed by atoms with Crippen molar-refractivity contribution in [2.75, 3.05) is 25.0 Å². The third-order valence-electron chi connectivity index (χ3n) is 4.38. The summed E-state index contributed by atoms with van der Waals surface area (Å²) in [5.41, 5.74) is 2.61. The lowest BCUT2D eigenvalue weighted by Crippen LogP contribution is -2.44. The van der Waals surface area contributed by atoms with Crippen LogP contribution in [0.4, 0.5) is 5.69 Å². The zero-order chi connectivity index (χ0) is 16.9. The molecule has 6 heteroatoms. The number of thiophene rings is 1. The maximum atomic E-state index is 4.36. The molecular weight excluding hydrogens is 443 g/mol. The van der Waals surface area contributed by atoms with Crippen molar-refractivity contribution in [1.29, 1.82) is 0 Å². The largest absolute Gasteiger partial charge is 0.369 e. The van der Waals surface area contributed by atoms with Gasteiger partial charge in [-0.15, -0.1) is 35.3 Å². The van der Waals surface area contributed by atoms with E-state index >= 15 is 0 Å². The molecule has 0 saturated carbocycles. The molecule has 2 heterocycles. The molecule has 0 spiro atoms.